The summed E-state index contributed by atoms with van der Waals surface area (Å²) in [5.41, 5.74) is 7.92. The zero-order valence-corrected chi connectivity index (χ0v) is 14.0. The van der Waals surface area contributed by atoms with Gasteiger partial charge < -0.3 is 5.32 Å². The second kappa shape index (κ2) is 4.05. The fourth-order valence-electron chi connectivity index (χ4n) is 4.39. The van der Waals surface area contributed by atoms with Crippen molar-refractivity contribution in [1.29, 1.82) is 0 Å². The van der Waals surface area contributed by atoms with E-state index in [4.69, 9.17) is 0 Å². The lowest BCUT2D eigenvalue weighted by Crippen LogP contribution is -2.04. The number of benzene rings is 4. The SMILES string of the molecule is Cc1cc(C)c2ccc3ccc4c(C)cc(C)c5c4c3c2c1N5. The first-order valence-electron chi connectivity index (χ1n) is 8.23. The van der Waals surface area contributed by atoms with Gasteiger partial charge in [-0.15, -0.1) is 0 Å². The summed E-state index contributed by atoms with van der Waals surface area (Å²) in [6.07, 6.45) is 0. The summed E-state index contributed by atoms with van der Waals surface area (Å²) in [5, 5.41) is 12.0. The molecule has 0 bridgehead atoms. The van der Waals surface area contributed by atoms with Crippen LogP contribution in [0.1, 0.15) is 22.3 Å². The van der Waals surface area contributed by atoms with Gasteiger partial charge in [-0.2, -0.15) is 0 Å². The fourth-order valence-corrected chi connectivity index (χ4v) is 4.39. The Morgan fingerprint density at radius 2 is 1.04 bits per heavy atom. The molecule has 112 valence electrons. The summed E-state index contributed by atoms with van der Waals surface area (Å²) in [6.45, 7) is 8.86. The second-order valence-corrected chi connectivity index (χ2v) is 6.97. The van der Waals surface area contributed by atoms with Crippen molar-refractivity contribution in [2.75, 3.05) is 5.32 Å². The van der Waals surface area contributed by atoms with Gasteiger partial charge in [-0.1, -0.05) is 36.4 Å². The molecule has 0 saturated carbocycles. The molecule has 0 fully saturated rings. The molecule has 1 aliphatic heterocycles. The summed E-state index contributed by atoms with van der Waals surface area (Å²) in [7, 11) is 0. The molecule has 23 heavy (non-hydrogen) atoms. The molecule has 4 aromatic carbocycles. The lowest BCUT2D eigenvalue weighted by atomic mass is 9.86. The van der Waals surface area contributed by atoms with E-state index in [2.05, 4.69) is 69.4 Å². The van der Waals surface area contributed by atoms with Gasteiger partial charge in [-0.3, -0.25) is 0 Å². The molecule has 1 nitrogen and oxygen atoms in total. The van der Waals surface area contributed by atoms with Gasteiger partial charge in [-0.05, 0) is 66.1 Å². The van der Waals surface area contributed by atoms with Crippen LogP contribution >= 0.6 is 0 Å². The Labute approximate surface area is 135 Å². The Morgan fingerprint density at radius 3 is 1.52 bits per heavy atom. The minimum atomic E-state index is 1.28. The first kappa shape index (κ1) is 13.0. The van der Waals surface area contributed by atoms with Crippen LogP contribution in [0.5, 0.6) is 0 Å². The summed E-state index contributed by atoms with van der Waals surface area (Å²) < 4.78 is 0. The molecule has 0 spiro atoms. The maximum Gasteiger partial charge on any atom is 0.0500 e. The van der Waals surface area contributed by atoms with E-state index in [1.165, 1.54) is 65.9 Å². The highest BCUT2D eigenvalue weighted by atomic mass is 14.9. The van der Waals surface area contributed by atoms with Crippen LogP contribution in [0.15, 0.2) is 36.4 Å². The predicted molar refractivity (Wildman–Crippen MR) is 101 cm³/mol. The van der Waals surface area contributed by atoms with Crippen LogP contribution in [-0.2, 0) is 0 Å². The molecule has 1 heterocycles. The van der Waals surface area contributed by atoms with Crippen LogP contribution in [0.2, 0.25) is 0 Å². The van der Waals surface area contributed by atoms with Crippen molar-refractivity contribution in [2.45, 2.75) is 27.7 Å². The van der Waals surface area contributed by atoms with E-state index in [1.807, 2.05) is 0 Å². The van der Waals surface area contributed by atoms with E-state index in [1.54, 1.807) is 0 Å². The Hall–Kier alpha value is -2.54. The number of hydrogen-bond donors (Lipinski definition) is 1. The summed E-state index contributed by atoms with van der Waals surface area (Å²) >= 11 is 0. The number of nitrogens with one attached hydrogen (secondary N) is 1. The highest BCUT2D eigenvalue weighted by Crippen LogP contribution is 2.48. The Morgan fingerprint density at radius 1 is 0.565 bits per heavy atom. The molecule has 0 aliphatic carbocycles. The van der Waals surface area contributed by atoms with Crippen molar-refractivity contribution in [3.63, 3.8) is 0 Å². The highest BCUT2D eigenvalue weighted by molar-refractivity contribution is 6.30. The van der Waals surface area contributed by atoms with Crippen molar-refractivity contribution in [3.8, 4) is 0 Å². The number of hydrogen-bond acceptors (Lipinski definition) is 1. The minimum absolute atomic E-state index is 1.28. The van der Waals surface area contributed by atoms with Crippen molar-refractivity contribution in [2.24, 2.45) is 0 Å². The molecule has 0 radical (unpaired) electrons. The van der Waals surface area contributed by atoms with Gasteiger partial charge in [-0.25, -0.2) is 0 Å². The van der Waals surface area contributed by atoms with Gasteiger partial charge in [0.15, 0.2) is 0 Å². The number of rotatable bonds is 0. The molecule has 0 atom stereocenters. The number of anilines is 2. The third-order valence-corrected chi connectivity index (χ3v) is 5.44. The monoisotopic (exact) mass is 297 g/mol. The zero-order valence-electron chi connectivity index (χ0n) is 14.0. The molecule has 1 N–H and O–H groups in total. The smallest absolute Gasteiger partial charge is 0.0500 e. The van der Waals surface area contributed by atoms with E-state index in [0.717, 1.165) is 0 Å². The molecule has 0 amide bonds. The largest absolute Gasteiger partial charge is 0.354 e. The third-order valence-electron chi connectivity index (χ3n) is 5.44. The van der Waals surface area contributed by atoms with Gasteiger partial charge in [0.25, 0.3) is 0 Å². The average Bonchev–Trinajstić information content (AvgIpc) is 2.53. The Bertz CT molecular complexity index is 1080. The van der Waals surface area contributed by atoms with Crippen molar-refractivity contribution in [1.82, 2.24) is 0 Å². The van der Waals surface area contributed by atoms with E-state index in [0.29, 0.717) is 0 Å². The molecular weight excluding hydrogens is 278 g/mol. The maximum atomic E-state index is 3.76. The molecule has 0 saturated heterocycles. The van der Waals surface area contributed by atoms with Crippen molar-refractivity contribution in [3.05, 3.63) is 58.7 Å². The molecule has 0 aromatic heterocycles. The molecule has 0 unspecified atom stereocenters. The molecular formula is C22H19N. The molecule has 1 aliphatic rings. The lowest BCUT2D eigenvalue weighted by Gasteiger charge is -2.26. The Balaban J connectivity index is 2.23. The first-order valence-corrected chi connectivity index (χ1v) is 8.23. The standard InChI is InChI=1S/C22H19N/c1-11-9-13(3)21-19-16(11)7-5-15-6-8-17-12(2)10-14(4)22(23-21)20(17)18(15)19/h5-10,23H,1-4H3. The van der Waals surface area contributed by atoms with Crippen molar-refractivity contribution >= 4 is 43.7 Å². The van der Waals surface area contributed by atoms with E-state index >= 15 is 0 Å². The normalized spacial score (nSPS) is 12.7. The summed E-state index contributed by atoms with van der Waals surface area (Å²) in [4.78, 5) is 0. The minimum Gasteiger partial charge on any atom is -0.354 e. The molecule has 1 heteroatoms. The van der Waals surface area contributed by atoms with Crippen LogP contribution in [0.4, 0.5) is 11.4 Å². The van der Waals surface area contributed by atoms with Crippen molar-refractivity contribution < 1.29 is 0 Å². The maximum absolute atomic E-state index is 3.76. The van der Waals surface area contributed by atoms with Gasteiger partial charge in [0.1, 0.15) is 0 Å². The molecule has 4 aromatic rings. The van der Waals surface area contributed by atoms with E-state index < -0.39 is 0 Å². The number of aryl methyl sites for hydroxylation is 4. The first-order chi connectivity index (χ1) is 11.1. The van der Waals surface area contributed by atoms with Crippen LogP contribution in [0, 0.1) is 27.7 Å². The van der Waals surface area contributed by atoms with Crippen LogP contribution < -0.4 is 5.32 Å². The second-order valence-electron chi connectivity index (χ2n) is 6.97. The van der Waals surface area contributed by atoms with Crippen LogP contribution in [0.25, 0.3) is 32.3 Å². The zero-order chi connectivity index (χ0) is 15.9. The third kappa shape index (κ3) is 1.47. The summed E-state index contributed by atoms with van der Waals surface area (Å²) in [6, 6.07) is 13.7. The van der Waals surface area contributed by atoms with Crippen LogP contribution in [0.3, 0.4) is 0 Å². The van der Waals surface area contributed by atoms with Gasteiger partial charge in [0, 0.05) is 16.2 Å². The molecule has 5 rings (SSSR count). The lowest BCUT2D eigenvalue weighted by molar-refractivity contribution is 1.38. The predicted octanol–water partition coefficient (Wildman–Crippen LogP) is 6.44. The van der Waals surface area contributed by atoms with E-state index in [-0.39, 0.29) is 0 Å². The quantitative estimate of drug-likeness (QED) is 0.324. The van der Waals surface area contributed by atoms with E-state index in [9.17, 15) is 0 Å². The summed E-state index contributed by atoms with van der Waals surface area (Å²) in [5.74, 6) is 0. The van der Waals surface area contributed by atoms with Crippen LogP contribution in [-0.4, -0.2) is 0 Å². The topological polar surface area (TPSA) is 12.0 Å². The van der Waals surface area contributed by atoms with Gasteiger partial charge in [0.05, 0.1) is 11.4 Å². The fraction of sp³-hybridized carbons (Fsp3) is 0.182. The highest BCUT2D eigenvalue weighted by Gasteiger charge is 2.21. The van der Waals surface area contributed by atoms with Gasteiger partial charge in [0.2, 0.25) is 0 Å². The average molecular weight is 297 g/mol. The van der Waals surface area contributed by atoms with Gasteiger partial charge >= 0.3 is 0 Å². The Kier molecular flexibility index (Phi) is 2.28.